The van der Waals surface area contributed by atoms with Crippen LogP contribution in [0.4, 0.5) is 0 Å². The van der Waals surface area contributed by atoms with Gasteiger partial charge in [0, 0.05) is 0 Å². The Labute approximate surface area is 84.0 Å². The van der Waals surface area contributed by atoms with Gasteiger partial charge in [0.2, 0.25) is 0 Å². The molecule has 0 saturated carbocycles. The topological polar surface area (TPSA) is 56.0 Å². The molecule has 0 amide bonds. The molecule has 0 saturated heterocycles. The van der Waals surface area contributed by atoms with Gasteiger partial charge in [0.1, 0.15) is 0 Å². The lowest BCUT2D eigenvalue weighted by Crippen LogP contribution is -2.20. The molecule has 1 unspecified atom stereocenters. The Morgan fingerprint density at radius 2 is 2.29 bits per heavy atom. The molecule has 0 aliphatic carbocycles. The van der Waals surface area contributed by atoms with Gasteiger partial charge in [-0.2, -0.15) is 5.26 Å². The molecular formula is C11H14N2O. The van der Waals surface area contributed by atoms with Crippen LogP contribution in [0, 0.1) is 18.3 Å². The van der Waals surface area contributed by atoms with E-state index in [1.807, 2.05) is 25.1 Å². The van der Waals surface area contributed by atoms with E-state index in [4.69, 9.17) is 10.4 Å². The normalized spacial score (nSPS) is 12.1. The van der Waals surface area contributed by atoms with Crippen LogP contribution in [0.3, 0.4) is 0 Å². The Balaban J connectivity index is 3.06. The van der Waals surface area contributed by atoms with Gasteiger partial charge in [-0.15, -0.1) is 0 Å². The van der Waals surface area contributed by atoms with E-state index in [1.54, 1.807) is 7.05 Å². The van der Waals surface area contributed by atoms with Crippen molar-refractivity contribution in [3.05, 3.63) is 34.9 Å². The van der Waals surface area contributed by atoms with Crippen LogP contribution in [0.25, 0.3) is 0 Å². The molecule has 3 nitrogen and oxygen atoms in total. The van der Waals surface area contributed by atoms with Crippen LogP contribution in [-0.4, -0.2) is 18.8 Å². The Hall–Kier alpha value is -1.37. The Morgan fingerprint density at radius 1 is 1.57 bits per heavy atom. The fourth-order valence-corrected chi connectivity index (χ4v) is 1.34. The van der Waals surface area contributed by atoms with Crippen LogP contribution in [0.5, 0.6) is 0 Å². The first kappa shape index (κ1) is 10.7. The number of nitrogens with one attached hydrogen (secondary N) is 1. The van der Waals surface area contributed by atoms with Gasteiger partial charge >= 0.3 is 0 Å². The molecule has 74 valence electrons. The third kappa shape index (κ3) is 2.11. The van der Waals surface area contributed by atoms with E-state index in [9.17, 15) is 0 Å². The van der Waals surface area contributed by atoms with Crippen molar-refractivity contribution >= 4 is 0 Å². The molecule has 3 heteroatoms. The van der Waals surface area contributed by atoms with E-state index in [2.05, 4.69) is 11.4 Å². The number of nitriles is 1. The summed E-state index contributed by atoms with van der Waals surface area (Å²) in [6, 6.07) is 7.67. The SMILES string of the molecule is CNC(CO)c1ccc(C)c(C#N)c1. The number of hydrogen-bond donors (Lipinski definition) is 2. The summed E-state index contributed by atoms with van der Waals surface area (Å²) in [4.78, 5) is 0. The molecule has 0 radical (unpaired) electrons. The fraction of sp³-hybridized carbons (Fsp3) is 0.364. The second kappa shape index (κ2) is 4.75. The van der Waals surface area contributed by atoms with Crippen LogP contribution < -0.4 is 5.32 Å². The number of aryl methyl sites for hydroxylation is 1. The first-order valence-electron chi connectivity index (χ1n) is 4.51. The van der Waals surface area contributed by atoms with Crippen molar-refractivity contribution in [2.75, 3.05) is 13.7 Å². The third-order valence-electron chi connectivity index (χ3n) is 2.32. The Bertz CT molecular complexity index is 351. The number of likely N-dealkylation sites (N-methyl/N-ethyl adjacent to an activating group) is 1. The van der Waals surface area contributed by atoms with Crippen molar-refractivity contribution in [2.24, 2.45) is 0 Å². The van der Waals surface area contributed by atoms with E-state index in [-0.39, 0.29) is 12.6 Å². The highest BCUT2D eigenvalue weighted by atomic mass is 16.3. The van der Waals surface area contributed by atoms with Gasteiger partial charge in [-0.3, -0.25) is 0 Å². The quantitative estimate of drug-likeness (QED) is 0.751. The van der Waals surface area contributed by atoms with Crippen LogP contribution in [0.15, 0.2) is 18.2 Å². The van der Waals surface area contributed by atoms with E-state index in [0.29, 0.717) is 5.56 Å². The van der Waals surface area contributed by atoms with Gasteiger partial charge < -0.3 is 10.4 Å². The van der Waals surface area contributed by atoms with Crippen LogP contribution >= 0.6 is 0 Å². The highest BCUT2D eigenvalue weighted by Crippen LogP contribution is 2.16. The minimum atomic E-state index is -0.0947. The van der Waals surface area contributed by atoms with Crippen molar-refractivity contribution in [1.29, 1.82) is 5.26 Å². The molecule has 14 heavy (non-hydrogen) atoms. The summed E-state index contributed by atoms with van der Waals surface area (Å²) in [5.41, 5.74) is 2.57. The zero-order chi connectivity index (χ0) is 10.6. The second-order valence-electron chi connectivity index (χ2n) is 3.21. The molecule has 0 aromatic heterocycles. The van der Waals surface area contributed by atoms with E-state index in [1.165, 1.54) is 0 Å². The lowest BCUT2D eigenvalue weighted by atomic mass is 10.0. The maximum atomic E-state index is 9.07. The molecule has 0 fully saturated rings. The molecule has 0 spiro atoms. The Morgan fingerprint density at radius 3 is 2.79 bits per heavy atom. The zero-order valence-corrected chi connectivity index (χ0v) is 8.41. The van der Waals surface area contributed by atoms with Gasteiger partial charge in [-0.05, 0) is 31.2 Å². The van der Waals surface area contributed by atoms with Gasteiger partial charge in [0.05, 0.1) is 24.3 Å². The predicted octanol–water partition coefficient (Wildman–Crippen LogP) is 1.12. The van der Waals surface area contributed by atoms with Crippen molar-refractivity contribution in [3.63, 3.8) is 0 Å². The molecule has 1 aromatic carbocycles. The minimum Gasteiger partial charge on any atom is -0.394 e. The maximum Gasteiger partial charge on any atom is 0.0994 e. The molecule has 0 bridgehead atoms. The Kier molecular flexibility index (Phi) is 3.63. The van der Waals surface area contributed by atoms with Crippen molar-refractivity contribution in [2.45, 2.75) is 13.0 Å². The largest absolute Gasteiger partial charge is 0.394 e. The molecule has 1 aromatic rings. The van der Waals surface area contributed by atoms with Gasteiger partial charge in [-0.25, -0.2) is 0 Å². The summed E-state index contributed by atoms with van der Waals surface area (Å²) in [6.07, 6.45) is 0. The van der Waals surface area contributed by atoms with Gasteiger partial charge in [-0.1, -0.05) is 12.1 Å². The molecule has 0 heterocycles. The highest BCUT2D eigenvalue weighted by Gasteiger charge is 2.08. The van der Waals surface area contributed by atoms with Crippen molar-refractivity contribution in [1.82, 2.24) is 5.32 Å². The van der Waals surface area contributed by atoms with Crippen LogP contribution in [0.1, 0.15) is 22.7 Å². The average Bonchev–Trinajstić information content (AvgIpc) is 2.22. The fourth-order valence-electron chi connectivity index (χ4n) is 1.34. The van der Waals surface area contributed by atoms with Crippen molar-refractivity contribution in [3.8, 4) is 6.07 Å². The van der Waals surface area contributed by atoms with Gasteiger partial charge in [0.15, 0.2) is 0 Å². The first-order valence-corrected chi connectivity index (χ1v) is 4.51. The number of aliphatic hydroxyl groups is 1. The summed E-state index contributed by atoms with van der Waals surface area (Å²) in [6.45, 7) is 1.93. The van der Waals surface area contributed by atoms with E-state index >= 15 is 0 Å². The standard InChI is InChI=1S/C11H14N2O/c1-8-3-4-9(5-10(8)6-12)11(7-14)13-2/h3-5,11,13-14H,7H2,1-2H3. The monoisotopic (exact) mass is 190 g/mol. The van der Waals surface area contributed by atoms with Crippen LogP contribution in [-0.2, 0) is 0 Å². The molecule has 1 rings (SSSR count). The highest BCUT2D eigenvalue weighted by molar-refractivity contribution is 5.40. The van der Waals surface area contributed by atoms with Gasteiger partial charge in [0.25, 0.3) is 0 Å². The van der Waals surface area contributed by atoms with Crippen LogP contribution in [0.2, 0.25) is 0 Å². The lowest BCUT2D eigenvalue weighted by Gasteiger charge is -2.14. The predicted molar refractivity (Wildman–Crippen MR) is 54.8 cm³/mol. The molecule has 0 aliphatic heterocycles. The molecule has 0 aliphatic rings. The smallest absolute Gasteiger partial charge is 0.0994 e. The maximum absolute atomic E-state index is 9.07. The first-order chi connectivity index (χ1) is 6.72. The number of nitrogens with zero attached hydrogens (tertiary/aromatic N) is 1. The van der Waals surface area contributed by atoms with Crippen molar-refractivity contribution < 1.29 is 5.11 Å². The number of hydrogen-bond acceptors (Lipinski definition) is 3. The summed E-state index contributed by atoms with van der Waals surface area (Å²) in [5, 5.41) is 20.9. The molecular weight excluding hydrogens is 176 g/mol. The number of rotatable bonds is 3. The lowest BCUT2D eigenvalue weighted by molar-refractivity contribution is 0.251. The zero-order valence-electron chi connectivity index (χ0n) is 8.41. The summed E-state index contributed by atoms with van der Waals surface area (Å²) >= 11 is 0. The second-order valence-corrected chi connectivity index (χ2v) is 3.21. The summed E-state index contributed by atoms with van der Waals surface area (Å²) in [5.74, 6) is 0. The van der Waals surface area contributed by atoms with E-state index < -0.39 is 0 Å². The van der Waals surface area contributed by atoms with E-state index in [0.717, 1.165) is 11.1 Å². The molecule has 1 atom stereocenters. The molecule has 2 N–H and O–H groups in total. The number of aliphatic hydroxyl groups excluding tert-OH is 1. The number of benzene rings is 1. The summed E-state index contributed by atoms with van der Waals surface area (Å²) in [7, 11) is 1.78. The average molecular weight is 190 g/mol. The third-order valence-corrected chi connectivity index (χ3v) is 2.32. The summed E-state index contributed by atoms with van der Waals surface area (Å²) < 4.78 is 0. The minimum absolute atomic E-state index is 0.0322.